The molecule has 2 aromatic carbocycles. The van der Waals surface area contributed by atoms with E-state index >= 15 is 0 Å². The van der Waals surface area contributed by atoms with Crippen molar-refractivity contribution in [3.05, 3.63) is 155 Å². The number of rotatable bonds is 11. The third-order valence-corrected chi connectivity index (χ3v) is 10.5. The van der Waals surface area contributed by atoms with E-state index in [0.717, 1.165) is 85.3 Å². The summed E-state index contributed by atoms with van der Waals surface area (Å²) in [4.78, 5) is 35.7. The van der Waals surface area contributed by atoms with Crippen LogP contribution in [0.4, 0.5) is 11.4 Å². The third-order valence-electron chi connectivity index (χ3n) is 9.92. The van der Waals surface area contributed by atoms with Crippen molar-refractivity contribution in [2.24, 2.45) is 0 Å². The minimum absolute atomic E-state index is 0.404. The molecular formula is C44H34Cl2N14. The predicted molar refractivity (Wildman–Crippen MR) is 234 cm³/mol. The van der Waals surface area contributed by atoms with E-state index in [9.17, 15) is 0 Å². The lowest BCUT2D eigenvalue weighted by Gasteiger charge is -2.07. The van der Waals surface area contributed by atoms with Gasteiger partial charge in [0.1, 0.15) is 18.0 Å². The van der Waals surface area contributed by atoms with Gasteiger partial charge >= 0.3 is 0 Å². The van der Waals surface area contributed by atoms with E-state index in [1.54, 1.807) is 9.03 Å². The van der Waals surface area contributed by atoms with Crippen molar-refractivity contribution in [2.75, 3.05) is 10.6 Å². The second kappa shape index (κ2) is 15.4. The second-order valence-electron chi connectivity index (χ2n) is 14.2. The van der Waals surface area contributed by atoms with Gasteiger partial charge in [-0.05, 0) is 105 Å². The van der Waals surface area contributed by atoms with Gasteiger partial charge in [-0.15, -0.1) is 5.10 Å². The molecule has 60 heavy (non-hydrogen) atoms. The maximum absolute atomic E-state index is 6.92. The Balaban J connectivity index is 0.902. The largest absolute Gasteiger partial charge is 0.378 e. The number of H-pyrrole nitrogens is 2. The van der Waals surface area contributed by atoms with Crippen LogP contribution in [0.15, 0.2) is 122 Å². The lowest BCUT2D eigenvalue weighted by molar-refractivity contribution is 0.960. The molecule has 10 aromatic rings. The van der Waals surface area contributed by atoms with Crippen LogP contribution in [0.3, 0.4) is 0 Å². The second-order valence-corrected chi connectivity index (χ2v) is 15.0. The average Bonchev–Trinajstić information content (AvgIpc) is 4.08. The molecule has 0 radical (unpaired) electrons. The Morgan fingerprint density at radius 2 is 1.20 bits per heavy atom. The predicted octanol–water partition coefficient (Wildman–Crippen LogP) is 9.49. The van der Waals surface area contributed by atoms with E-state index < -0.39 is 0 Å². The van der Waals surface area contributed by atoms with Crippen LogP contribution in [0.1, 0.15) is 23.0 Å². The number of nitrogens with zero attached hydrogens (tertiary/aromatic N) is 10. The maximum Gasteiger partial charge on any atom is 0.183 e. The maximum atomic E-state index is 6.92. The number of fused-ring (bicyclic) bond motifs is 2. The molecule has 10 rings (SSSR count). The molecule has 0 amide bonds. The Morgan fingerprint density at radius 3 is 1.83 bits per heavy atom. The van der Waals surface area contributed by atoms with Crippen molar-refractivity contribution in [3.8, 4) is 56.7 Å². The standard InChI is InChI=1S/C44H34Cl2N14/c1-25-5-3-7-34(51-25)42-40(27-9-17-38-49-24-50-59(38)22-27)54-37(56-42)21-48-31-15-16-32(33(46)19-31)44-57-39-18-10-28(23-60(39)58-44)41-43(35-8-4-6-26(2)52-35)55-36(53-41)20-47-30-13-11-29(45)12-14-30/h3-19,22-24,47-48H,20-21H2,1-2H3,(H,53,55)(H,54,56). The summed E-state index contributed by atoms with van der Waals surface area (Å²) in [7, 11) is 0. The van der Waals surface area contributed by atoms with Gasteiger partial charge in [-0.25, -0.2) is 29.0 Å². The highest BCUT2D eigenvalue weighted by Crippen LogP contribution is 2.33. The molecule has 0 saturated heterocycles. The number of halogens is 2. The highest BCUT2D eigenvalue weighted by atomic mass is 35.5. The summed E-state index contributed by atoms with van der Waals surface area (Å²) in [5.74, 6) is 1.97. The first-order valence-corrected chi connectivity index (χ1v) is 19.8. The first kappa shape index (κ1) is 36.9. The molecule has 0 aliphatic heterocycles. The van der Waals surface area contributed by atoms with Crippen LogP contribution in [-0.2, 0) is 13.1 Å². The number of anilines is 2. The van der Waals surface area contributed by atoms with Gasteiger partial charge in [-0.1, -0.05) is 35.3 Å². The van der Waals surface area contributed by atoms with Gasteiger partial charge in [-0.3, -0.25) is 9.97 Å². The molecule has 0 aliphatic rings. The van der Waals surface area contributed by atoms with E-state index in [1.807, 2.05) is 129 Å². The van der Waals surface area contributed by atoms with Crippen molar-refractivity contribution >= 4 is 45.9 Å². The molecule has 16 heteroatoms. The molecule has 294 valence electrons. The third kappa shape index (κ3) is 7.40. The number of aryl methyl sites for hydroxylation is 2. The van der Waals surface area contributed by atoms with E-state index in [-0.39, 0.29) is 0 Å². The van der Waals surface area contributed by atoms with Crippen LogP contribution in [0.5, 0.6) is 0 Å². The molecule has 4 N–H and O–H groups in total. The molecular weight excluding hydrogens is 795 g/mol. The van der Waals surface area contributed by atoms with E-state index in [0.29, 0.717) is 40.2 Å². The molecule has 0 unspecified atom stereocenters. The Labute approximate surface area is 352 Å². The summed E-state index contributed by atoms with van der Waals surface area (Å²) in [5.41, 5.74) is 12.1. The Kier molecular flexibility index (Phi) is 9.47. The van der Waals surface area contributed by atoms with E-state index in [2.05, 4.69) is 30.7 Å². The van der Waals surface area contributed by atoms with Crippen LogP contribution >= 0.6 is 23.2 Å². The molecule has 8 aromatic heterocycles. The van der Waals surface area contributed by atoms with Crippen LogP contribution in [-0.4, -0.2) is 59.1 Å². The number of aromatic nitrogens is 12. The fourth-order valence-corrected chi connectivity index (χ4v) is 7.40. The summed E-state index contributed by atoms with van der Waals surface area (Å²) in [6.45, 7) is 4.81. The van der Waals surface area contributed by atoms with Crippen molar-refractivity contribution in [2.45, 2.75) is 26.9 Å². The Morgan fingerprint density at radius 1 is 0.600 bits per heavy atom. The minimum atomic E-state index is 0.404. The summed E-state index contributed by atoms with van der Waals surface area (Å²) in [6.07, 6.45) is 5.36. The topological polar surface area (TPSA) is 168 Å². The van der Waals surface area contributed by atoms with Crippen molar-refractivity contribution < 1.29 is 0 Å². The normalized spacial score (nSPS) is 11.5. The average molecular weight is 830 g/mol. The van der Waals surface area contributed by atoms with Gasteiger partial charge in [-0.2, -0.15) is 5.10 Å². The molecule has 0 fully saturated rings. The van der Waals surface area contributed by atoms with Crippen LogP contribution < -0.4 is 10.6 Å². The highest BCUT2D eigenvalue weighted by molar-refractivity contribution is 6.33. The first-order valence-electron chi connectivity index (χ1n) is 19.1. The van der Waals surface area contributed by atoms with Crippen LogP contribution in [0.2, 0.25) is 10.0 Å². The molecule has 0 bridgehead atoms. The summed E-state index contributed by atoms with van der Waals surface area (Å²) in [6, 6.07) is 33.0. The number of aromatic amines is 2. The lowest BCUT2D eigenvalue weighted by atomic mass is 10.1. The minimum Gasteiger partial charge on any atom is -0.378 e. The number of nitrogens with one attached hydrogen (secondary N) is 4. The summed E-state index contributed by atoms with van der Waals surface area (Å²) in [5, 5.41) is 17.2. The first-order chi connectivity index (χ1) is 29.3. The van der Waals surface area contributed by atoms with Crippen molar-refractivity contribution in [1.82, 2.24) is 59.1 Å². The number of imidazole rings is 2. The number of hydrogen-bond donors (Lipinski definition) is 4. The number of pyridine rings is 4. The lowest BCUT2D eigenvalue weighted by Crippen LogP contribution is -2.01. The molecule has 8 heterocycles. The van der Waals surface area contributed by atoms with Crippen molar-refractivity contribution in [1.29, 1.82) is 0 Å². The SMILES string of the molecule is Cc1cccc(-c2[nH]c(CNc3ccc(-c4nc5ccc(-c6nc(CNc7ccc(Cl)cc7)[nH]c6-c6cccc(C)n6)cn5n4)c(Cl)c3)nc2-c2ccc3ncnn3c2)n1. The summed E-state index contributed by atoms with van der Waals surface area (Å²) >= 11 is 13.0. The summed E-state index contributed by atoms with van der Waals surface area (Å²) < 4.78 is 3.48. The van der Waals surface area contributed by atoms with Gasteiger partial charge in [0, 0.05) is 56.9 Å². The quantitative estimate of drug-likeness (QED) is 0.0986. The van der Waals surface area contributed by atoms with E-state index in [4.69, 9.17) is 53.2 Å². The van der Waals surface area contributed by atoms with Crippen LogP contribution in [0.25, 0.3) is 68.0 Å². The number of benzene rings is 2. The van der Waals surface area contributed by atoms with Crippen LogP contribution in [0, 0.1) is 13.8 Å². The Bertz CT molecular complexity index is 3180. The van der Waals surface area contributed by atoms with Gasteiger partial charge < -0.3 is 20.6 Å². The zero-order valence-corrected chi connectivity index (χ0v) is 33.7. The van der Waals surface area contributed by atoms with Gasteiger partial charge in [0.05, 0.1) is 52.3 Å². The molecule has 0 saturated carbocycles. The zero-order valence-electron chi connectivity index (χ0n) is 32.2. The zero-order chi connectivity index (χ0) is 40.7. The van der Waals surface area contributed by atoms with Gasteiger partial charge in [0.25, 0.3) is 0 Å². The van der Waals surface area contributed by atoms with Gasteiger partial charge in [0.2, 0.25) is 0 Å². The molecule has 0 spiro atoms. The molecule has 0 aliphatic carbocycles. The monoisotopic (exact) mass is 828 g/mol. The van der Waals surface area contributed by atoms with Crippen molar-refractivity contribution in [3.63, 3.8) is 0 Å². The Hall–Kier alpha value is -7.42. The highest BCUT2D eigenvalue weighted by Gasteiger charge is 2.19. The molecule has 0 atom stereocenters. The van der Waals surface area contributed by atoms with E-state index in [1.165, 1.54) is 6.33 Å². The molecule has 14 nitrogen and oxygen atoms in total. The number of hydrogen-bond acceptors (Lipinski definition) is 10. The fraction of sp³-hybridized carbons (Fsp3) is 0.0909. The fourth-order valence-electron chi connectivity index (χ4n) is 7.01. The van der Waals surface area contributed by atoms with Gasteiger partial charge in [0.15, 0.2) is 17.1 Å². The smallest absolute Gasteiger partial charge is 0.183 e.